The average molecular weight is 316 g/mol. The summed E-state index contributed by atoms with van der Waals surface area (Å²) in [7, 11) is 0. The van der Waals surface area contributed by atoms with Crippen LogP contribution in [-0.4, -0.2) is 29.8 Å². The van der Waals surface area contributed by atoms with Crippen molar-refractivity contribution in [1.82, 2.24) is 4.90 Å². The summed E-state index contributed by atoms with van der Waals surface area (Å²) in [4.78, 5) is 24.6. The third kappa shape index (κ3) is 5.38. The fraction of sp³-hybridized carbons (Fsp3) is 0.467. The van der Waals surface area contributed by atoms with Crippen molar-refractivity contribution in [2.24, 2.45) is 0 Å². The zero-order valence-corrected chi connectivity index (χ0v) is 12.5. The van der Waals surface area contributed by atoms with Gasteiger partial charge < -0.3 is 10.2 Å². The summed E-state index contributed by atoms with van der Waals surface area (Å²) in [5, 5.41) is 2.23. The van der Waals surface area contributed by atoms with Gasteiger partial charge >= 0.3 is 6.18 Å². The van der Waals surface area contributed by atoms with Gasteiger partial charge in [0.25, 0.3) is 0 Å². The first-order valence-electron chi connectivity index (χ1n) is 6.97. The number of amides is 2. The Hall–Kier alpha value is -2.05. The summed E-state index contributed by atoms with van der Waals surface area (Å²) < 4.78 is 38.5. The lowest BCUT2D eigenvalue weighted by Gasteiger charge is -2.21. The third-order valence-electron chi connectivity index (χ3n) is 3.07. The highest BCUT2D eigenvalue weighted by Crippen LogP contribution is 2.34. The zero-order valence-electron chi connectivity index (χ0n) is 12.5. The van der Waals surface area contributed by atoms with Crippen molar-refractivity contribution < 1.29 is 22.8 Å². The molecule has 1 rings (SSSR count). The lowest BCUT2D eigenvalue weighted by Crippen LogP contribution is -2.37. The summed E-state index contributed by atoms with van der Waals surface area (Å²) in [6, 6.07) is 4.74. The molecule has 0 aliphatic rings. The summed E-state index contributed by atoms with van der Waals surface area (Å²) >= 11 is 0. The smallest absolute Gasteiger partial charge is 0.334 e. The van der Waals surface area contributed by atoms with Crippen LogP contribution in [0.1, 0.15) is 32.3 Å². The Labute approximate surface area is 127 Å². The van der Waals surface area contributed by atoms with Gasteiger partial charge in [0.15, 0.2) is 0 Å². The van der Waals surface area contributed by atoms with Crippen LogP contribution in [0.5, 0.6) is 0 Å². The topological polar surface area (TPSA) is 49.4 Å². The van der Waals surface area contributed by atoms with Crippen LogP contribution >= 0.6 is 0 Å². The predicted octanol–water partition coefficient (Wildman–Crippen LogP) is 3.29. The van der Waals surface area contributed by atoms with Crippen LogP contribution in [0.2, 0.25) is 0 Å². The Morgan fingerprint density at radius 1 is 1.23 bits per heavy atom. The monoisotopic (exact) mass is 316 g/mol. The number of para-hydroxylation sites is 1. The molecular weight excluding hydrogens is 297 g/mol. The van der Waals surface area contributed by atoms with Crippen LogP contribution in [0.4, 0.5) is 18.9 Å². The molecule has 1 aromatic rings. The quantitative estimate of drug-likeness (QED) is 0.875. The second kappa shape index (κ2) is 7.82. The number of nitrogens with zero attached hydrogens (tertiary/aromatic N) is 1. The van der Waals surface area contributed by atoms with E-state index in [0.29, 0.717) is 6.54 Å². The maximum atomic E-state index is 12.8. The minimum Gasteiger partial charge on any atom is -0.334 e. The zero-order chi connectivity index (χ0) is 16.8. The third-order valence-corrected chi connectivity index (χ3v) is 3.07. The molecule has 0 aliphatic heterocycles. The first kappa shape index (κ1) is 18.0. The van der Waals surface area contributed by atoms with Gasteiger partial charge in [-0.25, -0.2) is 0 Å². The SMILES string of the molecule is CCCCN(CC(=O)Nc1ccccc1C(F)(F)F)C(C)=O. The van der Waals surface area contributed by atoms with Crippen LogP contribution in [-0.2, 0) is 15.8 Å². The molecular formula is C15H19F3N2O2. The second-order valence-electron chi connectivity index (χ2n) is 4.89. The molecule has 0 aromatic heterocycles. The summed E-state index contributed by atoms with van der Waals surface area (Å²) in [6.45, 7) is 3.41. The molecule has 0 radical (unpaired) electrons. The summed E-state index contributed by atoms with van der Waals surface area (Å²) in [5.74, 6) is -0.935. The van der Waals surface area contributed by atoms with Gasteiger partial charge in [-0.15, -0.1) is 0 Å². The number of benzene rings is 1. The Morgan fingerprint density at radius 3 is 2.41 bits per heavy atom. The van der Waals surface area contributed by atoms with Gasteiger partial charge in [0.05, 0.1) is 17.8 Å². The van der Waals surface area contributed by atoms with Gasteiger partial charge in [-0.05, 0) is 18.6 Å². The Kier molecular flexibility index (Phi) is 6.39. The summed E-state index contributed by atoms with van der Waals surface area (Å²) in [5.41, 5.74) is -1.22. The number of nitrogens with one attached hydrogen (secondary N) is 1. The fourth-order valence-corrected chi connectivity index (χ4v) is 1.90. The van der Waals surface area contributed by atoms with Gasteiger partial charge in [-0.3, -0.25) is 9.59 Å². The largest absolute Gasteiger partial charge is 0.418 e. The van der Waals surface area contributed by atoms with E-state index < -0.39 is 17.6 Å². The van der Waals surface area contributed by atoms with E-state index in [2.05, 4.69) is 5.32 Å². The van der Waals surface area contributed by atoms with Crippen LogP contribution < -0.4 is 5.32 Å². The molecule has 0 bridgehead atoms. The van der Waals surface area contributed by atoms with Crippen molar-refractivity contribution in [3.8, 4) is 0 Å². The van der Waals surface area contributed by atoms with Crippen molar-refractivity contribution in [3.05, 3.63) is 29.8 Å². The number of alkyl halides is 3. The van der Waals surface area contributed by atoms with Gasteiger partial charge in [-0.1, -0.05) is 25.5 Å². The molecule has 122 valence electrons. The molecule has 7 heteroatoms. The molecule has 0 fully saturated rings. The Balaban J connectivity index is 2.78. The molecule has 4 nitrogen and oxygen atoms in total. The molecule has 1 aromatic carbocycles. The van der Waals surface area contributed by atoms with Crippen molar-refractivity contribution in [1.29, 1.82) is 0 Å². The minimum atomic E-state index is -4.55. The molecule has 1 N–H and O–H groups in total. The van der Waals surface area contributed by atoms with Crippen molar-refractivity contribution in [2.45, 2.75) is 32.9 Å². The lowest BCUT2D eigenvalue weighted by molar-refractivity contribution is -0.137. The van der Waals surface area contributed by atoms with Crippen molar-refractivity contribution in [2.75, 3.05) is 18.4 Å². The van der Waals surface area contributed by atoms with Gasteiger partial charge in [-0.2, -0.15) is 13.2 Å². The van der Waals surface area contributed by atoms with E-state index in [-0.39, 0.29) is 18.1 Å². The maximum Gasteiger partial charge on any atom is 0.418 e. The molecule has 0 heterocycles. The minimum absolute atomic E-state index is 0.262. The molecule has 0 atom stereocenters. The highest BCUT2D eigenvalue weighted by atomic mass is 19.4. The standard InChI is InChI=1S/C15H19F3N2O2/c1-3-4-9-20(11(2)21)10-14(22)19-13-8-6-5-7-12(13)15(16,17)18/h5-8H,3-4,9-10H2,1-2H3,(H,19,22). The van der Waals surface area contributed by atoms with E-state index in [9.17, 15) is 22.8 Å². The van der Waals surface area contributed by atoms with Crippen LogP contribution in [0.25, 0.3) is 0 Å². The number of halogens is 3. The summed E-state index contributed by atoms with van der Waals surface area (Å²) in [6.07, 6.45) is -2.97. The normalized spacial score (nSPS) is 11.1. The number of rotatable bonds is 6. The molecule has 0 saturated heterocycles. The molecule has 0 unspecified atom stereocenters. The Morgan fingerprint density at radius 2 is 1.86 bits per heavy atom. The number of carbonyl (C=O) groups excluding carboxylic acids is 2. The van der Waals surface area contributed by atoms with E-state index in [1.54, 1.807) is 0 Å². The first-order valence-corrected chi connectivity index (χ1v) is 6.97. The number of hydrogen-bond acceptors (Lipinski definition) is 2. The van der Waals surface area contributed by atoms with E-state index in [1.165, 1.54) is 30.0 Å². The van der Waals surface area contributed by atoms with Crippen molar-refractivity contribution in [3.63, 3.8) is 0 Å². The number of hydrogen-bond donors (Lipinski definition) is 1. The van der Waals surface area contributed by atoms with Crippen LogP contribution in [0.3, 0.4) is 0 Å². The fourth-order valence-electron chi connectivity index (χ4n) is 1.90. The van der Waals surface area contributed by atoms with Crippen LogP contribution in [0.15, 0.2) is 24.3 Å². The lowest BCUT2D eigenvalue weighted by atomic mass is 10.1. The molecule has 0 spiro atoms. The van der Waals surface area contributed by atoms with E-state index >= 15 is 0 Å². The number of unbranched alkanes of at least 4 members (excludes halogenated alkanes) is 1. The van der Waals surface area contributed by atoms with Crippen LogP contribution in [0, 0.1) is 0 Å². The van der Waals surface area contributed by atoms with E-state index in [0.717, 1.165) is 18.9 Å². The Bertz CT molecular complexity index is 530. The second-order valence-corrected chi connectivity index (χ2v) is 4.89. The predicted molar refractivity (Wildman–Crippen MR) is 77.2 cm³/mol. The number of carbonyl (C=O) groups is 2. The molecule has 22 heavy (non-hydrogen) atoms. The van der Waals surface area contributed by atoms with Gasteiger partial charge in [0.2, 0.25) is 11.8 Å². The highest BCUT2D eigenvalue weighted by Gasteiger charge is 2.33. The average Bonchev–Trinajstić information content (AvgIpc) is 2.42. The van der Waals surface area contributed by atoms with E-state index in [1.807, 2.05) is 6.92 Å². The molecule has 0 saturated carbocycles. The van der Waals surface area contributed by atoms with Gasteiger partial charge in [0.1, 0.15) is 0 Å². The molecule has 0 aliphatic carbocycles. The maximum absolute atomic E-state index is 12.8. The highest BCUT2D eigenvalue weighted by molar-refractivity contribution is 5.95. The van der Waals surface area contributed by atoms with E-state index in [4.69, 9.17) is 0 Å². The van der Waals surface area contributed by atoms with Crippen molar-refractivity contribution >= 4 is 17.5 Å². The first-order chi connectivity index (χ1) is 10.3. The van der Waals surface area contributed by atoms with Gasteiger partial charge in [0, 0.05) is 13.5 Å². The molecule has 2 amide bonds. The number of anilines is 1.